The summed E-state index contributed by atoms with van der Waals surface area (Å²) in [4.78, 5) is 21.6. The van der Waals surface area contributed by atoms with Gasteiger partial charge in [0.15, 0.2) is 11.5 Å². The largest absolute Gasteiger partial charge is 0.458 e. The summed E-state index contributed by atoms with van der Waals surface area (Å²) in [6, 6.07) is 20.8. The number of nitrogens with two attached hydrogens (primary N) is 1. The van der Waals surface area contributed by atoms with Gasteiger partial charge in [-0.1, -0.05) is 42.2 Å². The van der Waals surface area contributed by atoms with E-state index in [1.54, 1.807) is 30.9 Å². The summed E-state index contributed by atoms with van der Waals surface area (Å²) in [5.41, 5.74) is 11.0. The van der Waals surface area contributed by atoms with Gasteiger partial charge in [0, 0.05) is 46.9 Å². The third-order valence-electron chi connectivity index (χ3n) is 6.20. The van der Waals surface area contributed by atoms with Crippen LogP contribution in [0.25, 0.3) is 27.7 Å². The van der Waals surface area contributed by atoms with Crippen LogP contribution in [0.15, 0.2) is 95.9 Å². The fourth-order valence-electron chi connectivity index (χ4n) is 4.44. The number of carbonyl (C=O) groups is 1. The first kappa shape index (κ1) is 23.0. The van der Waals surface area contributed by atoms with E-state index in [1.165, 1.54) is 4.52 Å². The average molecular weight is 499 g/mol. The normalized spacial score (nSPS) is 11.7. The number of rotatable bonds is 4. The first-order valence-corrected chi connectivity index (χ1v) is 12.0. The van der Waals surface area contributed by atoms with E-state index in [-0.39, 0.29) is 17.3 Å². The number of fused-ring (bicyclic) bond motifs is 2. The Morgan fingerprint density at radius 1 is 1.00 bits per heavy atom. The molecule has 8 nitrogen and oxygen atoms in total. The van der Waals surface area contributed by atoms with Crippen LogP contribution in [0.1, 0.15) is 40.2 Å². The first-order chi connectivity index (χ1) is 18.6. The van der Waals surface area contributed by atoms with Crippen molar-refractivity contribution in [3.63, 3.8) is 0 Å². The molecule has 2 aromatic carbocycles. The predicted octanol–water partition coefficient (Wildman–Crippen LogP) is 5.01. The fourth-order valence-corrected chi connectivity index (χ4v) is 4.44. The predicted molar refractivity (Wildman–Crippen MR) is 145 cm³/mol. The van der Waals surface area contributed by atoms with Crippen LogP contribution in [-0.2, 0) is 0 Å². The van der Waals surface area contributed by atoms with E-state index < -0.39 is 6.04 Å². The number of benzene rings is 2. The van der Waals surface area contributed by atoms with Gasteiger partial charge in [0.05, 0.1) is 6.04 Å². The van der Waals surface area contributed by atoms with E-state index >= 15 is 0 Å². The lowest BCUT2D eigenvalue weighted by atomic mass is 9.98. The van der Waals surface area contributed by atoms with E-state index in [2.05, 4.69) is 32.2 Å². The van der Waals surface area contributed by atoms with E-state index in [1.807, 2.05) is 67.6 Å². The molecule has 0 saturated heterocycles. The van der Waals surface area contributed by atoms with Crippen molar-refractivity contribution in [2.24, 2.45) is 0 Å². The van der Waals surface area contributed by atoms with E-state index in [9.17, 15) is 4.79 Å². The summed E-state index contributed by atoms with van der Waals surface area (Å²) in [6.45, 7) is 1.88. The van der Waals surface area contributed by atoms with Crippen LogP contribution in [0.4, 0.5) is 5.82 Å². The number of amides is 1. The van der Waals surface area contributed by atoms with Gasteiger partial charge in [0.25, 0.3) is 5.91 Å². The van der Waals surface area contributed by atoms with Crippen LogP contribution in [0.2, 0.25) is 0 Å². The summed E-state index contributed by atoms with van der Waals surface area (Å²) < 4.78 is 7.82. The summed E-state index contributed by atoms with van der Waals surface area (Å²) >= 11 is 0. The smallest absolute Gasteiger partial charge is 0.259 e. The second kappa shape index (κ2) is 9.56. The molecule has 0 spiro atoms. The number of furan rings is 1. The molecule has 8 heteroatoms. The molecule has 0 fully saturated rings. The number of aromatic nitrogens is 4. The molecule has 184 valence electrons. The van der Waals surface area contributed by atoms with Gasteiger partial charge in [-0.05, 0) is 48.9 Å². The molecule has 0 aliphatic heterocycles. The Labute approximate surface area is 218 Å². The fraction of sp³-hybridized carbons (Fsp3) is 0.0667. The number of hydrogen-bond donors (Lipinski definition) is 2. The molecule has 0 saturated carbocycles. The van der Waals surface area contributed by atoms with Gasteiger partial charge < -0.3 is 15.5 Å². The van der Waals surface area contributed by atoms with Gasteiger partial charge in [0.2, 0.25) is 0 Å². The lowest BCUT2D eigenvalue weighted by molar-refractivity contribution is 0.0938. The number of nitrogens with one attached hydrogen (secondary N) is 1. The lowest BCUT2D eigenvalue weighted by Crippen LogP contribution is -2.27. The van der Waals surface area contributed by atoms with Crippen molar-refractivity contribution in [2.45, 2.75) is 13.0 Å². The minimum Gasteiger partial charge on any atom is -0.458 e. The van der Waals surface area contributed by atoms with Crippen LogP contribution in [0, 0.1) is 11.8 Å². The molecule has 3 N–H and O–H groups in total. The number of hydrogen-bond acceptors (Lipinski definition) is 6. The molecule has 6 aromatic rings. The molecular formula is C30H22N6O2. The monoisotopic (exact) mass is 498 g/mol. The van der Waals surface area contributed by atoms with Crippen LogP contribution < -0.4 is 11.1 Å². The summed E-state index contributed by atoms with van der Waals surface area (Å²) in [5.74, 6) is 6.75. The minimum absolute atomic E-state index is 0.110. The Balaban J connectivity index is 1.41. The Hall–Kier alpha value is -5.42. The van der Waals surface area contributed by atoms with Gasteiger partial charge in [-0.15, -0.1) is 5.10 Å². The molecule has 1 amide bonds. The lowest BCUT2D eigenvalue weighted by Gasteiger charge is -2.14. The maximum atomic E-state index is 13.3. The molecule has 0 radical (unpaired) electrons. The third-order valence-corrected chi connectivity index (χ3v) is 6.20. The van der Waals surface area contributed by atoms with Crippen molar-refractivity contribution >= 4 is 28.3 Å². The maximum Gasteiger partial charge on any atom is 0.259 e. The van der Waals surface area contributed by atoms with E-state index in [0.29, 0.717) is 17.0 Å². The minimum atomic E-state index is -0.477. The summed E-state index contributed by atoms with van der Waals surface area (Å²) in [6.07, 6.45) is 6.73. The van der Waals surface area contributed by atoms with Crippen LogP contribution in [0.3, 0.4) is 0 Å². The highest BCUT2D eigenvalue weighted by Crippen LogP contribution is 2.38. The molecule has 0 unspecified atom stereocenters. The van der Waals surface area contributed by atoms with Gasteiger partial charge in [-0.25, -0.2) is 9.50 Å². The molecule has 1 atom stereocenters. The molecule has 0 aliphatic carbocycles. The van der Waals surface area contributed by atoms with Crippen molar-refractivity contribution in [1.82, 2.24) is 24.9 Å². The second-order valence-electron chi connectivity index (χ2n) is 8.75. The molecule has 4 heterocycles. The molecular weight excluding hydrogens is 476 g/mol. The summed E-state index contributed by atoms with van der Waals surface area (Å²) in [7, 11) is 0. The highest BCUT2D eigenvalue weighted by Gasteiger charge is 2.25. The Morgan fingerprint density at radius 3 is 2.61 bits per heavy atom. The number of carbonyl (C=O) groups excluding carboxylic acids is 1. The number of anilines is 1. The zero-order chi connectivity index (χ0) is 26.1. The number of nitrogen functional groups attached to an aromatic ring is 1. The summed E-state index contributed by atoms with van der Waals surface area (Å²) in [5, 5.41) is 8.13. The quantitative estimate of drug-likeness (QED) is 0.331. The Kier molecular flexibility index (Phi) is 5.79. The third kappa shape index (κ3) is 4.22. The zero-order valence-electron chi connectivity index (χ0n) is 20.4. The van der Waals surface area contributed by atoms with Crippen LogP contribution in [0.5, 0.6) is 0 Å². The number of nitrogens with zero attached hydrogens (tertiary/aromatic N) is 4. The standard InChI is InChI=1S/C30H22N6O2/c1-19(34-30(37)26-28(31)35-36-17-5-14-33-29(26)36)27-25(22-6-3-2-4-7-22)23-18-21(10-11-24(23)38-27)9-8-20-12-15-32-16-13-20/h2-7,10-19H,1H3,(H2,31,35)(H,34,37)/t19-/m1/s1. The van der Waals surface area contributed by atoms with Crippen molar-refractivity contribution in [2.75, 3.05) is 5.73 Å². The molecule has 4 aromatic heterocycles. The van der Waals surface area contributed by atoms with Gasteiger partial charge in [-0.3, -0.25) is 9.78 Å². The SMILES string of the molecule is C[C@@H](NC(=O)c1c(N)nn2cccnc12)c1oc2ccc(C#Cc3ccncc3)cc2c1-c1ccccc1. The molecule has 6 rings (SSSR count). The van der Waals surface area contributed by atoms with Gasteiger partial charge in [-0.2, -0.15) is 0 Å². The van der Waals surface area contributed by atoms with Crippen LogP contribution in [-0.4, -0.2) is 25.5 Å². The van der Waals surface area contributed by atoms with Crippen molar-refractivity contribution in [3.05, 3.63) is 114 Å². The Bertz CT molecular complexity index is 1850. The van der Waals surface area contributed by atoms with Crippen molar-refractivity contribution in [3.8, 4) is 23.0 Å². The van der Waals surface area contributed by atoms with E-state index in [0.717, 1.165) is 27.6 Å². The first-order valence-electron chi connectivity index (χ1n) is 12.0. The molecule has 0 aliphatic rings. The Morgan fingerprint density at radius 2 is 1.79 bits per heavy atom. The van der Waals surface area contributed by atoms with Crippen LogP contribution >= 0.6 is 0 Å². The van der Waals surface area contributed by atoms with Gasteiger partial charge in [0.1, 0.15) is 16.9 Å². The zero-order valence-corrected chi connectivity index (χ0v) is 20.4. The van der Waals surface area contributed by atoms with Gasteiger partial charge >= 0.3 is 0 Å². The molecule has 0 bridgehead atoms. The number of pyridine rings is 1. The topological polar surface area (TPSA) is 111 Å². The second-order valence-corrected chi connectivity index (χ2v) is 8.75. The maximum absolute atomic E-state index is 13.3. The van der Waals surface area contributed by atoms with Crippen molar-refractivity contribution in [1.29, 1.82) is 0 Å². The highest BCUT2D eigenvalue weighted by atomic mass is 16.3. The van der Waals surface area contributed by atoms with Crippen molar-refractivity contribution < 1.29 is 9.21 Å². The highest BCUT2D eigenvalue weighted by molar-refractivity contribution is 6.04. The molecule has 38 heavy (non-hydrogen) atoms. The average Bonchev–Trinajstić information content (AvgIpc) is 3.50. The van der Waals surface area contributed by atoms with E-state index in [4.69, 9.17) is 10.2 Å².